The molecular formula is C25H20BrNO2. The van der Waals surface area contributed by atoms with Gasteiger partial charge in [-0.3, -0.25) is 4.99 Å². The molecule has 1 heterocycles. The SMILES string of the molecule is Cc1ccc(-c2ccc(C=Nc3ccc(Oc4ccccc4C)cc3)o2)c(Br)c1. The Hall–Kier alpha value is -3.11. The van der Waals surface area contributed by atoms with Crippen LogP contribution >= 0.6 is 15.9 Å². The third-order valence-corrected chi connectivity index (χ3v) is 5.17. The minimum absolute atomic E-state index is 0.702. The van der Waals surface area contributed by atoms with Crippen molar-refractivity contribution in [2.75, 3.05) is 0 Å². The number of ether oxygens (including phenoxy) is 1. The van der Waals surface area contributed by atoms with Gasteiger partial charge in [0.15, 0.2) is 0 Å². The van der Waals surface area contributed by atoms with Gasteiger partial charge < -0.3 is 9.15 Å². The number of aliphatic imine (C=N–C) groups is 1. The Morgan fingerprint density at radius 1 is 0.897 bits per heavy atom. The van der Waals surface area contributed by atoms with Gasteiger partial charge in [-0.1, -0.05) is 40.2 Å². The molecule has 4 rings (SSSR count). The second-order valence-electron chi connectivity index (χ2n) is 6.80. The lowest BCUT2D eigenvalue weighted by molar-refractivity contribution is 0.479. The molecule has 1 aromatic heterocycles. The van der Waals surface area contributed by atoms with Gasteiger partial charge in [0, 0.05) is 10.0 Å². The van der Waals surface area contributed by atoms with E-state index in [0.717, 1.165) is 38.5 Å². The van der Waals surface area contributed by atoms with Crippen LogP contribution in [-0.2, 0) is 0 Å². The Kier molecular flexibility index (Phi) is 5.63. The number of hydrogen-bond acceptors (Lipinski definition) is 3. The summed E-state index contributed by atoms with van der Waals surface area (Å²) in [5.74, 6) is 3.14. The molecular weight excluding hydrogens is 426 g/mol. The van der Waals surface area contributed by atoms with Crippen LogP contribution in [0.5, 0.6) is 11.5 Å². The first-order valence-electron chi connectivity index (χ1n) is 9.32. The van der Waals surface area contributed by atoms with Crippen molar-refractivity contribution in [1.29, 1.82) is 0 Å². The predicted molar refractivity (Wildman–Crippen MR) is 122 cm³/mol. The third kappa shape index (κ3) is 4.66. The quantitative estimate of drug-likeness (QED) is 0.293. The van der Waals surface area contributed by atoms with Crippen molar-refractivity contribution < 1.29 is 9.15 Å². The van der Waals surface area contributed by atoms with Crippen LogP contribution in [0, 0.1) is 13.8 Å². The lowest BCUT2D eigenvalue weighted by Gasteiger charge is -2.08. The van der Waals surface area contributed by atoms with Gasteiger partial charge in [-0.15, -0.1) is 0 Å². The van der Waals surface area contributed by atoms with Crippen LogP contribution in [0.4, 0.5) is 5.69 Å². The van der Waals surface area contributed by atoms with Gasteiger partial charge in [0.05, 0.1) is 11.9 Å². The fourth-order valence-corrected chi connectivity index (χ4v) is 3.61. The van der Waals surface area contributed by atoms with Crippen LogP contribution in [0.1, 0.15) is 16.9 Å². The Morgan fingerprint density at radius 2 is 1.69 bits per heavy atom. The summed E-state index contributed by atoms with van der Waals surface area (Å²) >= 11 is 3.60. The number of para-hydroxylation sites is 1. The van der Waals surface area contributed by atoms with Gasteiger partial charge in [-0.25, -0.2) is 0 Å². The average molecular weight is 446 g/mol. The fraction of sp³-hybridized carbons (Fsp3) is 0.0800. The molecule has 0 aliphatic heterocycles. The molecule has 0 aliphatic rings. The maximum atomic E-state index is 5.92. The summed E-state index contributed by atoms with van der Waals surface area (Å²) in [5, 5.41) is 0. The lowest BCUT2D eigenvalue weighted by Crippen LogP contribution is -1.86. The van der Waals surface area contributed by atoms with E-state index < -0.39 is 0 Å². The highest BCUT2D eigenvalue weighted by Crippen LogP contribution is 2.30. The van der Waals surface area contributed by atoms with Crippen LogP contribution in [0.15, 0.2) is 92.7 Å². The van der Waals surface area contributed by atoms with Gasteiger partial charge in [-0.05, 0) is 79.6 Å². The van der Waals surface area contributed by atoms with Crippen LogP contribution in [-0.4, -0.2) is 6.21 Å². The predicted octanol–water partition coefficient (Wildman–Crippen LogP) is 7.87. The first kappa shape index (κ1) is 19.2. The Labute approximate surface area is 178 Å². The number of benzene rings is 3. The van der Waals surface area contributed by atoms with Crippen LogP contribution in [0.3, 0.4) is 0 Å². The zero-order valence-electron chi connectivity index (χ0n) is 16.2. The Morgan fingerprint density at radius 3 is 2.45 bits per heavy atom. The minimum atomic E-state index is 0.702. The van der Waals surface area contributed by atoms with Crippen molar-refractivity contribution in [2.24, 2.45) is 4.99 Å². The molecule has 4 aromatic rings. The molecule has 0 N–H and O–H groups in total. The number of furan rings is 1. The van der Waals surface area contributed by atoms with Gasteiger partial charge >= 0.3 is 0 Å². The summed E-state index contributed by atoms with van der Waals surface area (Å²) < 4.78 is 12.9. The first-order chi connectivity index (χ1) is 14.1. The second-order valence-corrected chi connectivity index (χ2v) is 7.66. The molecule has 0 saturated carbocycles. The summed E-state index contributed by atoms with van der Waals surface area (Å²) in [4.78, 5) is 4.50. The van der Waals surface area contributed by atoms with Crippen LogP contribution in [0.2, 0.25) is 0 Å². The molecule has 0 atom stereocenters. The standard InChI is InChI=1S/C25H20BrNO2/c1-17-7-13-22(23(26)15-17)25-14-12-21(29-25)16-27-19-8-10-20(11-9-19)28-24-6-4-3-5-18(24)2/h3-16H,1-2H3. The highest BCUT2D eigenvalue weighted by molar-refractivity contribution is 9.10. The Bertz CT molecular complexity index is 1160. The monoisotopic (exact) mass is 445 g/mol. The summed E-state index contributed by atoms with van der Waals surface area (Å²) in [6.07, 6.45) is 1.73. The van der Waals surface area contributed by atoms with E-state index in [9.17, 15) is 0 Å². The third-order valence-electron chi connectivity index (χ3n) is 4.52. The smallest absolute Gasteiger partial charge is 0.145 e. The molecule has 4 heteroatoms. The molecule has 0 bridgehead atoms. The van der Waals surface area contributed by atoms with E-state index >= 15 is 0 Å². The molecule has 3 nitrogen and oxygen atoms in total. The normalized spacial score (nSPS) is 11.1. The second kappa shape index (κ2) is 8.50. The summed E-state index contributed by atoms with van der Waals surface area (Å²) in [6, 6.07) is 25.7. The van der Waals surface area contributed by atoms with E-state index in [1.165, 1.54) is 5.56 Å². The maximum absolute atomic E-state index is 5.92. The lowest BCUT2D eigenvalue weighted by atomic mass is 10.1. The van der Waals surface area contributed by atoms with Gasteiger partial charge in [0.2, 0.25) is 0 Å². The van der Waals surface area contributed by atoms with E-state index in [4.69, 9.17) is 9.15 Å². The van der Waals surface area contributed by atoms with Crippen LogP contribution in [0.25, 0.3) is 11.3 Å². The number of nitrogens with zero attached hydrogens (tertiary/aromatic N) is 1. The highest BCUT2D eigenvalue weighted by Gasteiger charge is 2.08. The molecule has 0 aliphatic carbocycles. The molecule has 29 heavy (non-hydrogen) atoms. The summed E-state index contributed by atoms with van der Waals surface area (Å²) in [6.45, 7) is 4.09. The largest absolute Gasteiger partial charge is 0.457 e. The van der Waals surface area contributed by atoms with Crippen molar-refractivity contribution >= 4 is 27.8 Å². The van der Waals surface area contributed by atoms with Crippen molar-refractivity contribution in [1.82, 2.24) is 0 Å². The van der Waals surface area contributed by atoms with Crippen LogP contribution < -0.4 is 4.74 Å². The van der Waals surface area contributed by atoms with Gasteiger partial charge in [0.25, 0.3) is 0 Å². The van der Waals surface area contributed by atoms with E-state index in [0.29, 0.717) is 5.76 Å². The first-order valence-corrected chi connectivity index (χ1v) is 10.1. The summed E-state index contributed by atoms with van der Waals surface area (Å²) in [5.41, 5.74) is 4.15. The highest BCUT2D eigenvalue weighted by atomic mass is 79.9. The number of rotatable bonds is 5. The topological polar surface area (TPSA) is 34.7 Å². The van der Waals surface area contributed by atoms with Crippen molar-refractivity contribution in [3.8, 4) is 22.8 Å². The molecule has 0 radical (unpaired) electrons. The molecule has 0 saturated heterocycles. The van der Waals surface area contributed by atoms with Crippen molar-refractivity contribution in [2.45, 2.75) is 13.8 Å². The molecule has 0 amide bonds. The molecule has 144 valence electrons. The molecule has 0 unspecified atom stereocenters. The Balaban J connectivity index is 1.46. The van der Waals surface area contributed by atoms with Gasteiger partial charge in [0.1, 0.15) is 23.0 Å². The molecule has 0 fully saturated rings. The van der Waals surface area contributed by atoms with E-state index in [2.05, 4.69) is 40.0 Å². The fourth-order valence-electron chi connectivity index (χ4n) is 2.92. The minimum Gasteiger partial charge on any atom is -0.457 e. The maximum Gasteiger partial charge on any atom is 0.145 e. The number of halogens is 1. The number of aryl methyl sites for hydroxylation is 2. The van der Waals surface area contributed by atoms with Gasteiger partial charge in [-0.2, -0.15) is 0 Å². The van der Waals surface area contributed by atoms with E-state index in [1.807, 2.05) is 73.7 Å². The number of hydrogen-bond donors (Lipinski definition) is 0. The van der Waals surface area contributed by atoms with Crippen molar-refractivity contribution in [3.63, 3.8) is 0 Å². The molecule has 0 spiro atoms. The average Bonchev–Trinajstić information content (AvgIpc) is 3.18. The van der Waals surface area contributed by atoms with E-state index in [1.54, 1.807) is 6.21 Å². The summed E-state index contributed by atoms with van der Waals surface area (Å²) in [7, 11) is 0. The molecule has 3 aromatic carbocycles. The van der Waals surface area contributed by atoms with Crippen molar-refractivity contribution in [3.05, 3.63) is 100 Å². The van der Waals surface area contributed by atoms with E-state index in [-0.39, 0.29) is 0 Å². The zero-order valence-corrected chi connectivity index (χ0v) is 17.8. The zero-order chi connectivity index (χ0) is 20.2.